The van der Waals surface area contributed by atoms with Gasteiger partial charge in [0.25, 0.3) is 0 Å². The SMILES string of the molecule is C=CCNC(=S)N/N=C\c1ccc(C(C)C)cc1. The molecular weight excluding hydrogens is 242 g/mol. The Morgan fingerprint density at radius 1 is 1.39 bits per heavy atom. The summed E-state index contributed by atoms with van der Waals surface area (Å²) >= 11 is 5.01. The van der Waals surface area contributed by atoms with E-state index < -0.39 is 0 Å². The summed E-state index contributed by atoms with van der Waals surface area (Å²) in [5.41, 5.74) is 5.11. The van der Waals surface area contributed by atoms with Crippen LogP contribution in [0.2, 0.25) is 0 Å². The van der Waals surface area contributed by atoms with Crippen LogP contribution in [0.5, 0.6) is 0 Å². The van der Waals surface area contributed by atoms with Crippen molar-refractivity contribution in [1.29, 1.82) is 0 Å². The van der Waals surface area contributed by atoms with Gasteiger partial charge in [-0.25, -0.2) is 0 Å². The first-order chi connectivity index (χ1) is 8.63. The van der Waals surface area contributed by atoms with Crippen LogP contribution < -0.4 is 10.7 Å². The van der Waals surface area contributed by atoms with E-state index in [0.717, 1.165) is 5.56 Å². The van der Waals surface area contributed by atoms with Crippen LogP contribution in [0.1, 0.15) is 30.9 Å². The Hall–Kier alpha value is -1.68. The Labute approximate surface area is 114 Å². The molecule has 18 heavy (non-hydrogen) atoms. The minimum atomic E-state index is 0.491. The Bertz CT molecular complexity index is 421. The highest BCUT2D eigenvalue weighted by atomic mass is 32.1. The molecule has 4 heteroatoms. The molecule has 0 aliphatic heterocycles. The van der Waals surface area contributed by atoms with Crippen LogP contribution in [-0.4, -0.2) is 17.9 Å². The van der Waals surface area contributed by atoms with Gasteiger partial charge < -0.3 is 5.32 Å². The maximum absolute atomic E-state index is 5.01. The van der Waals surface area contributed by atoms with E-state index in [2.05, 4.69) is 48.4 Å². The lowest BCUT2D eigenvalue weighted by Crippen LogP contribution is -2.31. The van der Waals surface area contributed by atoms with Gasteiger partial charge in [-0.3, -0.25) is 5.43 Å². The van der Waals surface area contributed by atoms with E-state index in [9.17, 15) is 0 Å². The van der Waals surface area contributed by atoms with Gasteiger partial charge in [0.15, 0.2) is 5.11 Å². The molecule has 1 aromatic rings. The number of rotatable bonds is 5. The van der Waals surface area contributed by atoms with E-state index in [1.165, 1.54) is 5.56 Å². The highest BCUT2D eigenvalue weighted by Gasteiger charge is 1.97. The number of nitrogens with one attached hydrogen (secondary N) is 2. The lowest BCUT2D eigenvalue weighted by Gasteiger charge is -2.05. The Balaban J connectivity index is 2.46. The summed E-state index contributed by atoms with van der Waals surface area (Å²) in [5, 5.41) is 7.48. The van der Waals surface area contributed by atoms with Gasteiger partial charge in [-0.15, -0.1) is 6.58 Å². The summed E-state index contributed by atoms with van der Waals surface area (Å²) in [5.74, 6) is 0.546. The van der Waals surface area contributed by atoms with Crippen molar-refractivity contribution < 1.29 is 0 Å². The molecule has 3 nitrogen and oxygen atoms in total. The average Bonchev–Trinajstić information content (AvgIpc) is 2.37. The molecule has 0 fully saturated rings. The van der Waals surface area contributed by atoms with Crippen molar-refractivity contribution in [3.63, 3.8) is 0 Å². The number of hydrogen-bond acceptors (Lipinski definition) is 2. The quantitative estimate of drug-likeness (QED) is 0.370. The van der Waals surface area contributed by atoms with Gasteiger partial charge in [0.05, 0.1) is 6.21 Å². The van der Waals surface area contributed by atoms with Crippen LogP contribution in [0.25, 0.3) is 0 Å². The first-order valence-corrected chi connectivity index (χ1v) is 6.32. The molecule has 0 saturated heterocycles. The van der Waals surface area contributed by atoms with Crippen molar-refractivity contribution in [2.75, 3.05) is 6.54 Å². The number of thiocarbonyl (C=S) groups is 1. The van der Waals surface area contributed by atoms with E-state index in [4.69, 9.17) is 12.2 Å². The fourth-order valence-electron chi connectivity index (χ4n) is 1.34. The normalized spacial score (nSPS) is 10.6. The minimum absolute atomic E-state index is 0.491. The first-order valence-electron chi connectivity index (χ1n) is 5.91. The van der Waals surface area contributed by atoms with Crippen LogP contribution in [-0.2, 0) is 0 Å². The van der Waals surface area contributed by atoms with Gasteiger partial charge in [-0.2, -0.15) is 5.10 Å². The molecule has 96 valence electrons. The summed E-state index contributed by atoms with van der Waals surface area (Å²) in [6, 6.07) is 8.31. The van der Waals surface area contributed by atoms with Gasteiger partial charge in [0.2, 0.25) is 0 Å². The molecule has 0 radical (unpaired) electrons. The average molecular weight is 261 g/mol. The molecule has 0 spiro atoms. The van der Waals surface area contributed by atoms with Crippen molar-refractivity contribution in [1.82, 2.24) is 10.7 Å². The number of nitrogens with zero attached hydrogens (tertiary/aromatic N) is 1. The molecule has 0 saturated carbocycles. The monoisotopic (exact) mass is 261 g/mol. The molecule has 0 aliphatic rings. The topological polar surface area (TPSA) is 36.4 Å². The smallest absolute Gasteiger partial charge is 0.187 e. The summed E-state index contributed by atoms with van der Waals surface area (Å²) in [4.78, 5) is 0. The molecular formula is C14H19N3S. The molecule has 0 bridgehead atoms. The second kappa shape index (κ2) is 7.61. The summed E-state index contributed by atoms with van der Waals surface area (Å²) < 4.78 is 0. The second-order valence-electron chi connectivity index (χ2n) is 4.19. The Morgan fingerprint density at radius 3 is 2.61 bits per heavy atom. The first kappa shape index (κ1) is 14.4. The fraction of sp³-hybridized carbons (Fsp3) is 0.286. The fourth-order valence-corrected chi connectivity index (χ4v) is 1.47. The highest BCUT2D eigenvalue weighted by Crippen LogP contribution is 2.13. The van der Waals surface area contributed by atoms with E-state index in [0.29, 0.717) is 17.6 Å². The van der Waals surface area contributed by atoms with E-state index >= 15 is 0 Å². The second-order valence-corrected chi connectivity index (χ2v) is 4.60. The zero-order valence-corrected chi connectivity index (χ0v) is 11.6. The van der Waals surface area contributed by atoms with Crippen molar-refractivity contribution in [3.8, 4) is 0 Å². The van der Waals surface area contributed by atoms with Crippen LogP contribution in [0.3, 0.4) is 0 Å². The lowest BCUT2D eigenvalue weighted by molar-refractivity contribution is 0.866. The molecule has 1 aromatic carbocycles. The van der Waals surface area contributed by atoms with Crippen LogP contribution >= 0.6 is 12.2 Å². The van der Waals surface area contributed by atoms with Gasteiger partial charge in [0.1, 0.15) is 0 Å². The molecule has 1 rings (SSSR count). The molecule has 0 atom stereocenters. The minimum Gasteiger partial charge on any atom is -0.358 e. The zero-order valence-electron chi connectivity index (χ0n) is 10.8. The third-order valence-electron chi connectivity index (χ3n) is 2.39. The van der Waals surface area contributed by atoms with Gasteiger partial charge in [-0.1, -0.05) is 44.2 Å². The molecule has 2 N–H and O–H groups in total. The summed E-state index contributed by atoms with van der Waals surface area (Å²) in [7, 11) is 0. The standard InChI is InChI=1S/C14H19N3S/c1-4-9-15-14(18)17-16-10-12-5-7-13(8-6-12)11(2)3/h4-8,10-11H,1,9H2,2-3H3,(H2,15,17,18)/b16-10-. The number of hydrazone groups is 1. The Kier molecular flexibility index (Phi) is 6.08. The van der Waals surface area contributed by atoms with Crippen LogP contribution in [0, 0.1) is 0 Å². The maximum atomic E-state index is 5.01. The van der Waals surface area contributed by atoms with Crippen molar-refractivity contribution >= 4 is 23.5 Å². The van der Waals surface area contributed by atoms with Gasteiger partial charge in [0, 0.05) is 6.54 Å². The maximum Gasteiger partial charge on any atom is 0.187 e. The third kappa shape index (κ3) is 5.10. The third-order valence-corrected chi connectivity index (χ3v) is 2.63. The number of benzene rings is 1. The summed E-state index contributed by atoms with van der Waals surface area (Å²) in [6.45, 7) is 8.57. The molecule has 0 aromatic heterocycles. The lowest BCUT2D eigenvalue weighted by atomic mass is 10.0. The van der Waals surface area contributed by atoms with Crippen molar-refractivity contribution in [3.05, 3.63) is 48.0 Å². The van der Waals surface area contributed by atoms with E-state index in [1.807, 2.05) is 12.1 Å². The van der Waals surface area contributed by atoms with Gasteiger partial charge >= 0.3 is 0 Å². The predicted octanol–water partition coefficient (Wildman–Crippen LogP) is 2.79. The molecule has 0 amide bonds. The predicted molar refractivity (Wildman–Crippen MR) is 82.1 cm³/mol. The van der Waals surface area contributed by atoms with Crippen LogP contribution in [0.4, 0.5) is 0 Å². The van der Waals surface area contributed by atoms with Gasteiger partial charge in [-0.05, 0) is 29.3 Å². The summed E-state index contributed by atoms with van der Waals surface area (Å²) in [6.07, 6.45) is 3.48. The van der Waals surface area contributed by atoms with E-state index in [1.54, 1.807) is 12.3 Å². The highest BCUT2D eigenvalue weighted by molar-refractivity contribution is 7.80. The Morgan fingerprint density at radius 2 is 2.06 bits per heavy atom. The van der Waals surface area contributed by atoms with E-state index in [-0.39, 0.29) is 0 Å². The molecule has 0 unspecified atom stereocenters. The molecule has 0 heterocycles. The molecule has 0 aliphatic carbocycles. The van der Waals surface area contributed by atoms with Crippen molar-refractivity contribution in [2.24, 2.45) is 5.10 Å². The van der Waals surface area contributed by atoms with Crippen LogP contribution in [0.15, 0.2) is 42.0 Å². The number of hydrogen-bond donors (Lipinski definition) is 2. The van der Waals surface area contributed by atoms with Crippen molar-refractivity contribution in [2.45, 2.75) is 19.8 Å². The largest absolute Gasteiger partial charge is 0.358 e. The zero-order chi connectivity index (χ0) is 13.4.